The van der Waals surface area contributed by atoms with Crippen LogP contribution in [0.5, 0.6) is 0 Å². The van der Waals surface area contributed by atoms with E-state index in [2.05, 4.69) is 54.9 Å². The lowest BCUT2D eigenvalue weighted by Crippen LogP contribution is -2.05. The van der Waals surface area contributed by atoms with Gasteiger partial charge in [0.2, 0.25) is 0 Å². The molecule has 0 aromatic heterocycles. The first-order chi connectivity index (χ1) is 7.63. The zero-order valence-electron chi connectivity index (χ0n) is 10.2. The summed E-state index contributed by atoms with van der Waals surface area (Å²) >= 11 is 3.61. The molecule has 1 aromatic carbocycles. The highest BCUT2D eigenvalue weighted by Crippen LogP contribution is 2.36. The van der Waals surface area contributed by atoms with Gasteiger partial charge >= 0.3 is 0 Å². The Bertz CT molecular complexity index is 375. The molecule has 0 bridgehead atoms. The van der Waals surface area contributed by atoms with E-state index < -0.39 is 0 Å². The van der Waals surface area contributed by atoms with Crippen LogP contribution in [0.2, 0.25) is 0 Å². The maximum Gasteiger partial charge on any atom is 0.0844 e. The van der Waals surface area contributed by atoms with Gasteiger partial charge in [0.05, 0.1) is 12.2 Å². The third-order valence-corrected chi connectivity index (χ3v) is 4.45. The second-order valence-electron chi connectivity index (χ2n) is 4.67. The molecule has 0 aliphatic carbocycles. The molecule has 0 amide bonds. The Hall–Kier alpha value is -0.340. The van der Waals surface area contributed by atoms with Crippen molar-refractivity contribution in [2.45, 2.75) is 51.7 Å². The molecular weight excluding hydrogens is 264 g/mol. The number of epoxide rings is 1. The van der Waals surface area contributed by atoms with Crippen molar-refractivity contribution in [3.63, 3.8) is 0 Å². The summed E-state index contributed by atoms with van der Waals surface area (Å²) in [6.07, 6.45) is 3.31. The van der Waals surface area contributed by atoms with E-state index in [-0.39, 0.29) is 0 Å². The molecule has 16 heavy (non-hydrogen) atoms. The molecule has 1 saturated heterocycles. The number of rotatable bonds is 4. The van der Waals surface area contributed by atoms with Crippen molar-refractivity contribution < 1.29 is 4.74 Å². The minimum absolute atomic E-state index is 0.474. The van der Waals surface area contributed by atoms with Crippen molar-refractivity contribution in [2.24, 2.45) is 0 Å². The minimum Gasteiger partial charge on any atom is -0.370 e. The van der Waals surface area contributed by atoms with Gasteiger partial charge in [-0.1, -0.05) is 35.0 Å². The average Bonchev–Trinajstić information content (AvgIpc) is 2.95. The lowest BCUT2D eigenvalue weighted by molar-refractivity contribution is 0.357. The van der Waals surface area contributed by atoms with Gasteiger partial charge in [0.15, 0.2) is 0 Å². The van der Waals surface area contributed by atoms with Crippen LogP contribution in [0.1, 0.15) is 43.7 Å². The van der Waals surface area contributed by atoms with Gasteiger partial charge in [0.1, 0.15) is 0 Å². The summed E-state index contributed by atoms with van der Waals surface area (Å²) in [5.41, 5.74) is 2.85. The van der Waals surface area contributed by atoms with Crippen molar-refractivity contribution in [1.82, 2.24) is 0 Å². The first-order valence-corrected chi connectivity index (χ1v) is 6.83. The highest BCUT2D eigenvalue weighted by Gasteiger charge is 2.36. The number of hydrogen-bond acceptors (Lipinski definition) is 1. The van der Waals surface area contributed by atoms with Crippen LogP contribution in [0.3, 0.4) is 0 Å². The molecule has 1 aliphatic rings. The number of hydrogen-bond donors (Lipinski definition) is 0. The van der Waals surface area contributed by atoms with Crippen LogP contribution >= 0.6 is 15.9 Å². The lowest BCUT2D eigenvalue weighted by Gasteiger charge is -2.17. The van der Waals surface area contributed by atoms with E-state index in [4.69, 9.17) is 4.74 Å². The van der Waals surface area contributed by atoms with E-state index in [9.17, 15) is 0 Å². The predicted molar refractivity (Wildman–Crippen MR) is 70.9 cm³/mol. The van der Waals surface area contributed by atoms with Crippen LogP contribution in [-0.2, 0) is 4.74 Å². The normalized spacial score (nSPS) is 25.5. The Morgan fingerprint density at radius 2 is 2.12 bits per heavy atom. The van der Waals surface area contributed by atoms with Crippen molar-refractivity contribution in [1.29, 1.82) is 0 Å². The molecule has 1 aliphatic heterocycles. The molecule has 0 saturated carbocycles. The summed E-state index contributed by atoms with van der Waals surface area (Å²) in [6.45, 7) is 6.61. The summed E-state index contributed by atoms with van der Waals surface area (Å²) in [7, 11) is 0. The average molecular weight is 283 g/mol. The molecule has 0 N–H and O–H groups in total. The fourth-order valence-corrected chi connectivity index (χ4v) is 2.72. The Morgan fingerprint density at radius 1 is 1.44 bits per heavy atom. The fraction of sp³-hybridized carbons (Fsp3) is 0.571. The van der Waals surface area contributed by atoms with Gasteiger partial charge in [-0.3, -0.25) is 0 Å². The minimum atomic E-state index is 0.474. The van der Waals surface area contributed by atoms with Crippen molar-refractivity contribution >= 4 is 15.9 Å². The second kappa shape index (κ2) is 4.89. The molecule has 3 atom stereocenters. The Labute approximate surface area is 106 Å². The molecular formula is C14H19BrO. The Kier molecular flexibility index (Phi) is 3.70. The standard InChI is InChI=1S/C14H19BrO/c1-4-11(8-14-10(3)16-14)12-6-5-7-13(15)9(12)2/h5-7,10-11,14H,4,8H2,1-3H3. The first-order valence-electron chi connectivity index (χ1n) is 6.04. The van der Waals surface area contributed by atoms with E-state index in [1.807, 2.05) is 0 Å². The molecule has 88 valence electrons. The molecule has 1 heterocycles. The van der Waals surface area contributed by atoms with Crippen LogP contribution in [-0.4, -0.2) is 12.2 Å². The molecule has 1 nitrogen and oxygen atoms in total. The Balaban J connectivity index is 2.16. The Morgan fingerprint density at radius 3 is 2.69 bits per heavy atom. The van der Waals surface area contributed by atoms with E-state index >= 15 is 0 Å². The van der Waals surface area contributed by atoms with Gasteiger partial charge in [-0.25, -0.2) is 0 Å². The molecule has 2 heteroatoms. The van der Waals surface area contributed by atoms with Gasteiger partial charge in [-0.05, 0) is 49.8 Å². The maximum atomic E-state index is 5.53. The molecule has 1 aromatic rings. The van der Waals surface area contributed by atoms with Crippen molar-refractivity contribution in [3.05, 3.63) is 33.8 Å². The summed E-state index contributed by atoms with van der Waals surface area (Å²) in [4.78, 5) is 0. The summed E-state index contributed by atoms with van der Waals surface area (Å²) in [5, 5.41) is 0. The van der Waals surface area contributed by atoms with E-state index in [0.717, 1.165) is 6.42 Å². The van der Waals surface area contributed by atoms with E-state index in [1.54, 1.807) is 0 Å². The summed E-state index contributed by atoms with van der Waals surface area (Å²) in [6, 6.07) is 6.50. The van der Waals surface area contributed by atoms with Gasteiger partial charge in [0, 0.05) is 4.47 Å². The third-order valence-electron chi connectivity index (χ3n) is 3.60. The summed E-state index contributed by atoms with van der Waals surface area (Å²) < 4.78 is 6.74. The van der Waals surface area contributed by atoms with E-state index in [0.29, 0.717) is 18.1 Å². The van der Waals surface area contributed by atoms with Crippen LogP contribution < -0.4 is 0 Å². The number of halogens is 1. The van der Waals surface area contributed by atoms with Crippen LogP contribution in [0.15, 0.2) is 22.7 Å². The largest absolute Gasteiger partial charge is 0.370 e. The van der Waals surface area contributed by atoms with Gasteiger partial charge in [-0.2, -0.15) is 0 Å². The van der Waals surface area contributed by atoms with Gasteiger partial charge < -0.3 is 4.74 Å². The molecule has 0 radical (unpaired) electrons. The van der Waals surface area contributed by atoms with Gasteiger partial charge in [0.25, 0.3) is 0 Å². The molecule has 2 rings (SSSR count). The van der Waals surface area contributed by atoms with Gasteiger partial charge in [-0.15, -0.1) is 0 Å². The first kappa shape index (κ1) is 12.1. The highest BCUT2D eigenvalue weighted by atomic mass is 79.9. The number of ether oxygens (including phenoxy) is 1. The zero-order chi connectivity index (χ0) is 11.7. The molecule has 3 unspecified atom stereocenters. The lowest BCUT2D eigenvalue weighted by atomic mass is 9.88. The van der Waals surface area contributed by atoms with Crippen molar-refractivity contribution in [3.8, 4) is 0 Å². The number of benzene rings is 1. The second-order valence-corrected chi connectivity index (χ2v) is 5.53. The third kappa shape index (κ3) is 2.49. The smallest absolute Gasteiger partial charge is 0.0844 e. The molecule has 1 fully saturated rings. The van der Waals surface area contributed by atoms with Crippen LogP contribution in [0.4, 0.5) is 0 Å². The maximum absolute atomic E-state index is 5.53. The fourth-order valence-electron chi connectivity index (χ4n) is 2.34. The topological polar surface area (TPSA) is 12.5 Å². The van der Waals surface area contributed by atoms with E-state index in [1.165, 1.54) is 22.0 Å². The quantitative estimate of drug-likeness (QED) is 0.745. The highest BCUT2D eigenvalue weighted by molar-refractivity contribution is 9.10. The monoisotopic (exact) mass is 282 g/mol. The van der Waals surface area contributed by atoms with Crippen molar-refractivity contribution in [2.75, 3.05) is 0 Å². The molecule has 0 spiro atoms. The van der Waals surface area contributed by atoms with Crippen LogP contribution in [0.25, 0.3) is 0 Å². The predicted octanol–water partition coefficient (Wildman–Crippen LogP) is 4.43. The summed E-state index contributed by atoms with van der Waals surface area (Å²) in [5.74, 6) is 0.632. The van der Waals surface area contributed by atoms with Crippen LogP contribution in [0, 0.1) is 6.92 Å². The SMILES string of the molecule is CCC(CC1OC1C)c1cccc(Br)c1C. The zero-order valence-corrected chi connectivity index (χ0v) is 11.8.